The molecule has 6 aromatic carbocycles. The highest BCUT2D eigenvalue weighted by molar-refractivity contribution is 6.15. The maximum absolute atomic E-state index is 2.69. The van der Waals surface area contributed by atoms with Crippen LogP contribution in [0.25, 0.3) is 66.3 Å². The molecule has 0 unspecified atom stereocenters. The minimum atomic E-state index is -0.358. The predicted molar refractivity (Wildman–Crippen MR) is 163 cm³/mol. The SMILES string of the molecule is CC12c3cccc4cccc(c34)-c3c(-c4ccccc4)c(-c4ccccc4)c(n31)-c1cccc3cccc2c13. The summed E-state index contributed by atoms with van der Waals surface area (Å²) in [6.45, 7) is 2.44. The topological polar surface area (TPSA) is 4.93 Å². The number of rotatable bonds is 2. The first kappa shape index (κ1) is 21.1. The van der Waals surface area contributed by atoms with E-state index in [1.165, 1.54) is 77.4 Å². The van der Waals surface area contributed by atoms with Crippen molar-refractivity contribution in [3.8, 4) is 44.8 Å². The lowest BCUT2D eigenvalue weighted by Gasteiger charge is -2.44. The molecule has 39 heavy (non-hydrogen) atoms. The Morgan fingerprint density at radius 1 is 0.436 bits per heavy atom. The summed E-state index contributed by atoms with van der Waals surface area (Å²) in [5.74, 6) is 0. The van der Waals surface area contributed by atoms with Gasteiger partial charge in [0.05, 0.1) is 16.9 Å². The summed E-state index contributed by atoms with van der Waals surface area (Å²) in [4.78, 5) is 0. The van der Waals surface area contributed by atoms with Crippen molar-refractivity contribution >= 4 is 21.5 Å². The highest BCUT2D eigenvalue weighted by Crippen LogP contribution is 2.61. The zero-order valence-electron chi connectivity index (χ0n) is 21.6. The highest BCUT2D eigenvalue weighted by atomic mass is 15.1. The number of hydrogen-bond donors (Lipinski definition) is 0. The minimum Gasteiger partial charge on any atom is -0.325 e. The standard InChI is InChI=1S/C38H25N/c1-38-30-22-10-18-24-16-8-20-28(32(24)30)36-34(26-12-4-2-5-13-26)35(27-14-6-3-7-15-27)37(39(36)38)29-21-9-17-25-19-11-23-31(38)33(25)29/h2-23H,1H3. The van der Waals surface area contributed by atoms with E-state index >= 15 is 0 Å². The number of benzene rings is 6. The Morgan fingerprint density at radius 3 is 1.28 bits per heavy atom. The summed E-state index contributed by atoms with van der Waals surface area (Å²) in [6.07, 6.45) is 0. The van der Waals surface area contributed by atoms with Gasteiger partial charge in [-0.25, -0.2) is 0 Å². The first-order chi connectivity index (χ1) is 19.3. The Bertz CT molecular complexity index is 1950. The summed E-state index contributed by atoms with van der Waals surface area (Å²) >= 11 is 0. The average molecular weight is 496 g/mol. The molecule has 0 saturated carbocycles. The van der Waals surface area contributed by atoms with Crippen molar-refractivity contribution in [1.82, 2.24) is 4.57 Å². The van der Waals surface area contributed by atoms with Gasteiger partial charge in [-0.1, -0.05) is 133 Å². The lowest BCUT2D eigenvalue weighted by atomic mass is 9.73. The van der Waals surface area contributed by atoms with Crippen molar-refractivity contribution in [3.05, 3.63) is 145 Å². The van der Waals surface area contributed by atoms with Gasteiger partial charge in [-0.05, 0) is 50.7 Å². The van der Waals surface area contributed by atoms with Crippen LogP contribution in [0.2, 0.25) is 0 Å². The molecular formula is C38H25N. The van der Waals surface area contributed by atoms with Gasteiger partial charge >= 0.3 is 0 Å². The highest BCUT2D eigenvalue weighted by Gasteiger charge is 2.46. The largest absolute Gasteiger partial charge is 0.325 e. The van der Waals surface area contributed by atoms with Crippen LogP contribution >= 0.6 is 0 Å². The first-order valence-corrected chi connectivity index (χ1v) is 13.7. The second-order valence-corrected chi connectivity index (χ2v) is 11.0. The normalized spacial score (nSPS) is 14.0. The third-order valence-electron chi connectivity index (χ3n) is 9.11. The summed E-state index contributed by atoms with van der Waals surface area (Å²) in [7, 11) is 0. The fourth-order valence-electron chi connectivity index (χ4n) is 7.58. The molecule has 0 fully saturated rings. The van der Waals surface area contributed by atoms with Gasteiger partial charge in [-0.15, -0.1) is 0 Å². The summed E-state index contributed by atoms with van der Waals surface area (Å²) in [5.41, 5.74) is 12.8. The van der Waals surface area contributed by atoms with Gasteiger partial charge in [-0.2, -0.15) is 0 Å². The second-order valence-electron chi connectivity index (χ2n) is 11.0. The first-order valence-electron chi connectivity index (χ1n) is 13.7. The Labute approximate surface area is 227 Å². The Balaban J connectivity index is 1.62. The molecule has 2 aliphatic rings. The fourth-order valence-corrected chi connectivity index (χ4v) is 7.58. The van der Waals surface area contributed by atoms with E-state index in [9.17, 15) is 0 Å². The van der Waals surface area contributed by atoms with Gasteiger partial charge in [0.25, 0.3) is 0 Å². The number of hydrogen-bond acceptors (Lipinski definition) is 0. The molecule has 1 aromatic heterocycles. The van der Waals surface area contributed by atoms with Crippen molar-refractivity contribution in [2.75, 3.05) is 0 Å². The second kappa shape index (κ2) is 7.36. The quantitative estimate of drug-likeness (QED) is 0.225. The van der Waals surface area contributed by atoms with Crippen molar-refractivity contribution in [3.63, 3.8) is 0 Å². The Morgan fingerprint density at radius 2 is 0.846 bits per heavy atom. The molecule has 0 spiro atoms. The van der Waals surface area contributed by atoms with Crippen molar-refractivity contribution in [2.45, 2.75) is 12.5 Å². The maximum atomic E-state index is 2.69. The zero-order chi connectivity index (χ0) is 25.7. The van der Waals surface area contributed by atoms with E-state index in [-0.39, 0.29) is 5.54 Å². The molecule has 0 saturated heterocycles. The molecule has 182 valence electrons. The van der Waals surface area contributed by atoms with Gasteiger partial charge in [0.2, 0.25) is 0 Å². The molecule has 9 rings (SSSR count). The van der Waals surface area contributed by atoms with Crippen LogP contribution in [0.15, 0.2) is 133 Å². The Kier molecular flexibility index (Phi) is 3.98. The van der Waals surface area contributed by atoms with Crippen LogP contribution in [0.5, 0.6) is 0 Å². The summed E-state index contributed by atoms with van der Waals surface area (Å²) < 4.78 is 2.69. The van der Waals surface area contributed by atoms with E-state index in [1.807, 2.05) is 0 Å². The molecule has 0 amide bonds. The fraction of sp³-hybridized carbons (Fsp3) is 0.0526. The van der Waals surface area contributed by atoms with Crippen LogP contribution in [0.4, 0.5) is 0 Å². The summed E-state index contributed by atoms with van der Waals surface area (Å²) in [6, 6.07) is 49.3. The third kappa shape index (κ3) is 2.51. The van der Waals surface area contributed by atoms with E-state index in [2.05, 4.69) is 145 Å². The van der Waals surface area contributed by atoms with Crippen LogP contribution in [0.3, 0.4) is 0 Å². The molecule has 1 heteroatoms. The third-order valence-corrected chi connectivity index (χ3v) is 9.11. The molecule has 7 aromatic rings. The van der Waals surface area contributed by atoms with Crippen LogP contribution in [-0.4, -0.2) is 4.57 Å². The van der Waals surface area contributed by atoms with Crippen molar-refractivity contribution in [1.29, 1.82) is 0 Å². The Hall–Kier alpha value is -4.88. The minimum absolute atomic E-state index is 0.358. The van der Waals surface area contributed by atoms with Crippen LogP contribution in [0.1, 0.15) is 18.1 Å². The molecule has 0 atom stereocenters. The molecule has 0 radical (unpaired) electrons. The van der Waals surface area contributed by atoms with E-state index in [0.29, 0.717) is 0 Å². The monoisotopic (exact) mass is 495 g/mol. The molecule has 0 bridgehead atoms. The number of aromatic nitrogens is 1. The lowest BCUT2D eigenvalue weighted by Crippen LogP contribution is -2.38. The molecule has 3 heterocycles. The number of fused-ring (bicyclic) bond motifs is 4. The molecule has 0 N–H and O–H groups in total. The molecule has 0 aliphatic carbocycles. The molecule has 2 aliphatic heterocycles. The molecular weight excluding hydrogens is 470 g/mol. The number of nitrogens with zero attached hydrogens (tertiary/aromatic N) is 1. The van der Waals surface area contributed by atoms with E-state index < -0.39 is 0 Å². The zero-order valence-corrected chi connectivity index (χ0v) is 21.6. The van der Waals surface area contributed by atoms with Crippen molar-refractivity contribution < 1.29 is 0 Å². The van der Waals surface area contributed by atoms with Gasteiger partial charge in [0.15, 0.2) is 0 Å². The van der Waals surface area contributed by atoms with E-state index in [0.717, 1.165) is 0 Å². The van der Waals surface area contributed by atoms with Gasteiger partial charge in [-0.3, -0.25) is 0 Å². The smallest absolute Gasteiger partial charge is 0.0940 e. The van der Waals surface area contributed by atoms with Gasteiger partial charge in [0.1, 0.15) is 0 Å². The van der Waals surface area contributed by atoms with Crippen LogP contribution in [0, 0.1) is 0 Å². The lowest BCUT2D eigenvalue weighted by molar-refractivity contribution is 0.487. The van der Waals surface area contributed by atoms with Crippen molar-refractivity contribution in [2.24, 2.45) is 0 Å². The maximum Gasteiger partial charge on any atom is 0.0940 e. The molecule has 1 nitrogen and oxygen atoms in total. The van der Waals surface area contributed by atoms with Crippen LogP contribution in [-0.2, 0) is 5.54 Å². The average Bonchev–Trinajstić information content (AvgIpc) is 3.37. The summed E-state index contributed by atoms with van der Waals surface area (Å²) in [5, 5.41) is 5.33. The van der Waals surface area contributed by atoms with Crippen LogP contribution < -0.4 is 0 Å². The van der Waals surface area contributed by atoms with E-state index in [4.69, 9.17) is 0 Å². The van der Waals surface area contributed by atoms with Gasteiger partial charge in [0, 0.05) is 22.3 Å². The van der Waals surface area contributed by atoms with Gasteiger partial charge < -0.3 is 4.57 Å². The predicted octanol–water partition coefficient (Wildman–Crippen LogP) is 9.90. The van der Waals surface area contributed by atoms with E-state index in [1.54, 1.807) is 0 Å².